The lowest BCUT2D eigenvalue weighted by Gasteiger charge is -2.18. The van der Waals surface area contributed by atoms with Crippen LogP contribution in [-0.2, 0) is 0 Å². The molecule has 2 aromatic rings. The fourth-order valence-corrected chi connectivity index (χ4v) is 2.19. The Morgan fingerprint density at radius 2 is 1.57 bits per heavy atom. The minimum atomic E-state index is -1.46. The van der Waals surface area contributed by atoms with Crippen LogP contribution in [0.25, 0.3) is 0 Å². The summed E-state index contributed by atoms with van der Waals surface area (Å²) in [5.41, 5.74) is 1.12. The Morgan fingerprint density at radius 1 is 1.00 bits per heavy atom. The molecule has 2 rings (SSSR count). The highest BCUT2D eigenvalue weighted by molar-refractivity contribution is 5.36. The monoisotopic (exact) mass is 295 g/mol. The third kappa shape index (κ3) is 3.36. The van der Waals surface area contributed by atoms with Crippen molar-refractivity contribution in [2.75, 3.05) is 13.7 Å². The molecule has 0 fully saturated rings. The van der Waals surface area contributed by atoms with Crippen LogP contribution in [0.3, 0.4) is 0 Å². The van der Waals surface area contributed by atoms with Gasteiger partial charge in [-0.25, -0.2) is 13.2 Å². The minimum Gasteiger partial charge on any atom is -0.494 e. The third-order valence-corrected chi connectivity index (χ3v) is 3.15. The van der Waals surface area contributed by atoms with Gasteiger partial charge in [0, 0.05) is 0 Å². The normalized spacial score (nSPS) is 12.2. The number of rotatable bonds is 5. The molecule has 0 amide bonds. The summed E-state index contributed by atoms with van der Waals surface area (Å²) < 4.78 is 45.1. The van der Waals surface area contributed by atoms with Gasteiger partial charge < -0.3 is 10.1 Å². The van der Waals surface area contributed by atoms with Crippen molar-refractivity contribution in [2.24, 2.45) is 0 Å². The van der Waals surface area contributed by atoms with Crippen LogP contribution in [0.15, 0.2) is 36.4 Å². The number of hydrogen-bond donors (Lipinski definition) is 1. The zero-order chi connectivity index (χ0) is 15.4. The maximum atomic E-state index is 13.4. The molecule has 0 radical (unpaired) electrons. The molecule has 1 atom stereocenters. The average Bonchev–Trinajstić information content (AvgIpc) is 2.47. The van der Waals surface area contributed by atoms with E-state index in [0.717, 1.165) is 17.7 Å². The molecule has 0 aliphatic carbocycles. The lowest BCUT2D eigenvalue weighted by molar-refractivity contribution is 0.340. The van der Waals surface area contributed by atoms with E-state index in [9.17, 15) is 13.2 Å². The van der Waals surface area contributed by atoms with Gasteiger partial charge in [0.1, 0.15) is 5.75 Å². The van der Waals surface area contributed by atoms with Gasteiger partial charge in [0.05, 0.1) is 12.6 Å². The lowest BCUT2D eigenvalue weighted by Crippen LogP contribution is -2.18. The third-order valence-electron chi connectivity index (χ3n) is 3.15. The predicted octanol–water partition coefficient (Wildman–Crippen LogP) is 3.81. The molecule has 2 nitrogen and oxygen atoms in total. The Labute approximate surface area is 121 Å². The highest BCUT2D eigenvalue weighted by atomic mass is 19.2. The predicted molar refractivity (Wildman–Crippen MR) is 74.8 cm³/mol. The van der Waals surface area contributed by atoms with Crippen LogP contribution < -0.4 is 10.1 Å². The number of ether oxygens (including phenoxy) is 1. The molecule has 2 aromatic carbocycles. The van der Waals surface area contributed by atoms with Crippen LogP contribution in [0.5, 0.6) is 5.75 Å². The van der Waals surface area contributed by atoms with E-state index in [2.05, 4.69) is 5.32 Å². The van der Waals surface area contributed by atoms with Crippen LogP contribution in [0.1, 0.15) is 24.1 Å². The largest absolute Gasteiger partial charge is 0.494 e. The molecule has 0 saturated heterocycles. The van der Waals surface area contributed by atoms with Crippen molar-refractivity contribution >= 4 is 0 Å². The summed E-state index contributed by atoms with van der Waals surface area (Å²) in [6, 6.07) is 8.70. The molecule has 0 saturated carbocycles. The van der Waals surface area contributed by atoms with Gasteiger partial charge >= 0.3 is 0 Å². The lowest BCUT2D eigenvalue weighted by atomic mass is 9.98. The van der Waals surface area contributed by atoms with E-state index < -0.39 is 23.5 Å². The average molecular weight is 295 g/mol. The van der Waals surface area contributed by atoms with Crippen LogP contribution in [0, 0.1) is 17.5 Å². The summed E-state index contributed by atoms with van der Waals surface area (Å²) in [6.45, 7) is 2.44. The zero-order valence-electron chi connectivity index (χ0n) is 11.8. The van der Waals surface area contributed by atoms with Gasteiger partial charge in [-0.3, -0.25) is 0 Å². The second kappa shape index (κ2) is 6.63. The van der Waals surface area contributed by atoms with Crippen molar-refractivity contribution in [3.05, 3.63) is 65.0 Å². The standard InChI is InChI=1S/C16H16F3NO/c1-3-21-12-6-4-10(5-7-12)16(20-2)11-8-13(17)15(19)14(18)9-11/h4-9,16,20H,3H2,1-2H3. The van der Waals surface area contributed by atoms with E-state index in [4.69, 9.17) is 4.74 Å². The first kappa shape index (κ1) is 15.4. The SMILES string of the molecule is CCOc1ccc(C(NC)c2cc(F)c(F)c(F)c2)cc1. The summed E-state index contributed by atoms with van der Waals surface area (Å²) in [6.07, 6.45) is 0. The zero-order valence-corrected chi connectivity index (χ0v) is 11.8. The Kier molecular flexibility index (Phi) is 4.85. The molecule has 0 aliphatic rings. The molecule has 5 heteroatoms. The van der Waals surface area contributed by atoms with Gasteiger partial charge in [0.2, 0.25) is 0 Å². The quantitative estimate of drug-likeness (QED) is 0.847. The molecule has 21 heavy (non-hydrogen) atoms. The smallest absolute Gasteiger partial charge is 0.194 e. The van der Waals surface area contributed by atoms with Gasteiger partial charge in [-0.2, -0.15) is 0 Å². The number of nitrogens with one attached hydrogen (secondary N) is 1. The van der Waals surface area contributed by atoms with E-state index in [1.807, 2.05) is 6.92 Å². The van der Waals surface area contributed by atoms with E-state index in [0.29, 0.717) is 17.9 Å². The molecule has 1 N–H and O–H groups in total. The fraction of sp³-hybridized carbons (Fsp3) is 0.250. The van der Waals surface area contributed by atoms with Crippen molar-refractivity contribution in [3.8, 4) is 5.75 Å². The number of hydrogen-bond acceptors (Lipinski definition) is 2. The summed E-state index contributed by atoms with van der Waals surface area (Å²) in [5.74, 6) is -3.14. The number of benzene rings is 2. The minimum absolute atomic E-state index is 0.318. The van der Waals surface area contributed by atoms with Crippen molar-refractivity contribution < 1.29 is 17.9 Å². The molecule has 0 spiro atoms. The summed E-state index contributed by atoms with van der Waals surface area (Å²) in [7, 11) is 1.67. The van der Waals surface area contributed by atoms with Gasteiger partial charge in [-0.15, -0.1) is 0 Å². The first-order valence-electron chi connectivity index (χ1n) is 6.61. The maximum Gasteiger partial charge on any atom is 0.194 e. The highest BCUT2D eigenvalue weighted by Crippen LogP contribution is 2.26. The van der Waals surface area contributed by atoms with Gasteiger partial charge in [0.15, 0.2) is 17.5 Å². The Morgan fingerprint density at radius 3 is 2.05 bits per heavy atom. The first-order valence-corrected chi connectivity index (χ1v) is 6.61. The van der Waals surface area contributed by atoms with Gasteiger partial charge in [-0.05, 0) is 49.4 Å². The molecular formula is C16H16F3NO. The van der Waals surface area contributed by atoms with E-state index >= 15 is 0 Å². The summed E-state index contributed by atoms with van der Waals surface area (Å²) >= 11 is 0. The van der Waals surface area contributed by atoms with Gasteiger partial charge in [-0.1, -0.05) is 12.1 Å². The molecule has 0 aromatic heterocycles. The highest BCUT2D eigenvalue weighted by Gasteiger charge is 2.17. The Hall–Kier alpha value is -2.01. The van der Waals surface area contributed by atoms with Crippen molar-refractivity contribution in [1.29, 1.82) is 0 Å². The fourth-order valence-electron chi connectivity index (χ4n) is 2.19. The van der Waals surface area contributed by atoms with Crippen LogP contribution in [0.2, 0.25) is 0 Å². The molecule has 0 aliphatic heterocycles. The van der Waals surface area contributed by atoms with Crippen molar-refractivity contribution in [2.45, 2.75) is 13.0 Å². The summed E-state index contributed by atoms with van der Waals surface area (Å²) in [4.78, 5) is 0. The van der Waals surface area contributed by atoms with E-state index in [-0.39, 0.29) is 0 Å². The Balaban J connectivity index is 2.35. The second-order valence-corrected chi connectivity index (χ2v) is 4.52. The first-order chi connectivity index (χ1) is 10.1. The Bertz CT molecular complexity index is 590. The topological polar surface area (TPSA) is 21.3 Å². The molecule has 0 bridgehead atoms. The van der Waals surface area contributed by atoms with E-state index in [1.54, 1.807) is 31.3 Å². The molecule has 112 valence electrons. The van der Waals surface area contributed by atoms with Crippen LogP contribution >= 0.6 is 0 Å². The molecule has 0 heterocycles. The van der Waals surface area contributed by atoms with Crippen LogP contribution in [-0.4, -0.2) is 13.7 Å². The van der Waals surface area contributed by atoms with E-state index in [1.165, 1.54) is 0 Å². The number of halogens is 3. The summed E-state index contributed by atoms with van der Waals surface area (Å²) in [5, 5.41) is 2.96. The second-order valence-electron chi connectivity index (χ2n) is 4.52. The maximum absolute atomic E-state index is 13.4. The molecule has 1 unspecified atom stereocenters. The van der Waals surface area contributed by atoms with Gasteiger partial charge in [0.25, 0.3) is 0 Å². The molecular weight excluding hydrogens is 279 g/mol. The van der Waals surface area contributed by atoms with Crippen molar-refractivity contribution in [3.63, 3.8) is 0 Å². The van der Waals surface area contributed by atoms with Crippen molar-refractivity contribution in [1.82, 2.24) is 5.32 Å². The van der Waals surface area contributed by atoms with Crippen LogP contribution in [0.4, 0.5) is 13.2 Å².